The van der Waals surface area contributed by atoms with Gasteiger partial charge in [-0.15, -0.1) is 0 Å². The average molecular weight is 1930 g/mol. The predicted octanol–water partition coefficient (Wildman–Crippen LogP) is 13.1. The first-order valence-electron chi connectivity index (χ1n) is 49.0. The highest BCUT2D eigenvalue weighted by Crippen LogP contribution is 2.45. The van der Waals surface area contributed by atoms with Crippen LogP contribution in [0.15, 0.2) is 30.3 Å². The minimum atomic E-state index is -3.94. The van der Waals surface area contributed by atoms with Gasteiger partial charge < -0.3 is 36.1 Å². The first kappa shape index (κ1) is 98.0. The Balaban J connectivity index is 0.000000121. The van der Waals surface area contributed by atoms with Gasteiger partial charge in [0.25, 0.3) is 0 Å². The summed E-state index contributed by atoms with van der Waals surface area (Å²) in [5, 5.41) is 14.4. The van der Waals surface area contributed by atoms with Crippen molar-refractivity contribution in [2.24, 2.45) is 11.8 Å². The van der Waals surface area contributed by atoms with Crippen molar-refractivity contribution in [1.82, 2.24) is 45.1 Å². The Kier molecular flexibility index (Phi) is 30.4. The highest BCUT2D eigenvalue weighted by atomic mass is 32.2. The van der Waals surface area contributed by atoms with Crippen LogP contribution >= 0.6 is 0 Å². The largest absolute Gasteiger partial charge is 0.378 e. The molecule has 10 amide bonds. The molecular weight excluding hydrogens is 1800 g/mol. The summed E-state index contributed by atoms with van der Waals surface area (Å²) in [6, 6.07) is 7.28. The zero-order valence-corrected chi connectivity index (χ0v) is 82.6. The van der Waals surface area contributed by atoms with E-state index in [2.05, 4.69) is 94.4 Å². The molecule has 15 aliphatic rings. The van der Waals surface area contributed by atoms with Gasteiger partial charge in [0.2, 0.25) is 0 Å². The van der Waals surface area contributed by atoms with Crippen LogP contribution in [-0.2, 0) is 189 Å². The van der Waals surface area contributed by atoms with E-state index in [0.29, 0.717) is 51.2 Å². The number of benzene rings is 5. The van der Waals surface area contributed by atoms with E-state index in [0.717, 1.165) is 266 Å². The Hall–Kier alpha value is -8.08. The molecule has 6 atom stereocenters. The molecule has 5 aromatic rings. The van der Waals surface area contributed by atoms with Crippen molar-refractivity contribution < 1.29 is 75.5 Å². The average Bonchev–Trinajstić information content (AvgIpc) is 1.75. The number of fused-ring (bicyclic) bond motifs is 10. The molecule has 5 aromatic carbocycles. The van der Waals surface area contributed by atoms with Crippen LogP contribution < -0.4 is 50.2 Å². The molecule has 5 fully saturated rings. The standard InChI is InChI=1S/C21H31N3O3S.2C19H27N3O4S.C19H27N3O3S.C18H25N3O3S/c1-13-10-14(2)24(15(3)11-13)28(26,27)23-21(25)22-20-18-8-4-6-16(18)12-17-7-5-9-19(17)20;1-12-10-26-11-13(2)22(12)27(24,25)21-19(23)20-18-16-7-3-5-14(16)9-15-6-4-8-17(15)18;1-12-10-22(11-13(2)26-12)27(24,25)21-19(23)20-18-16-7-3-5-14(16)9-15-6-4-8-17(15)18;1-13-8-10-22(11-9-13)26(24,25)21-19(23)20-18-16-6-2-4-14(16)12-15-5-3-7-17(15)18;22-18(20-25(23,24)21-10-2-1-3-11-21)19-17-15-8-4-6-13(15)12-14-7-5-9-16(14)17/h12-15H,4-11H2,1-3H3,(H2,22,23,25);2*9,12-13H,3-8,10-11H2,1-2H3,(H2,20,21,23);12-13H,2-11H2,1H3,(H2,20,21,23);12H,1-11H2,(H2,19,20,22). The molecule has 5 aliphatic heterocycles. The number of anilines is 5. The molecule has 0 radical (unpaired) electrons. The van der Waals surface area contributed by atoms with Gasteiger partial charge >= 0.3 is 81.2 Å². The van der Waals surface area contributed by atoms with Crippen LogP contribution in [0.3, 0.4) is 0 Å². The topological polar surface area (TPSA) is 411 Å². The third-order valence-electron chi connectivity index (χ3n) is 29.6. The molecule has 10 N–H and O–H groups in total. The Morgan fingerprint density at radius 3 is 0.752 bits per heavy atom. The maximum Gasteiger partial charge on any atom is 0.333 e. The molecular formula is C96H137N15O17S5. The SMILES string of the molecule is CC1CC(C)N(S(=O)(=O)NC(=O)Nc2c3c(cc4c2CCC4)CCC3)C(C)C1.CC1CCN(S(=O)(=O)NC(=O)Nc2c3c(cc4c2CCC4)CCC3)CC1.CC1CN(S(=O)(=O)NC(=O)Nc2c3c(cc4c2CCC4)CCC3)CC(C)O1.CC1COCC(C)N1S(=O)(=O)NC(=O)Nc1c2c(cc3c1CCC3)CCC2.O=C(Nc1c2c(cc3c1CCC3)CCC2)NS(=O)(=O)N1CCCCC1. The van der Waals surface area contributed by atoms with Crippen LogP contribution in [-0.4, -0.2) is 183 Å². The van der Waals surface area contributed by atoms with Crippen molar-refractivity contribution in [2.45, 2.75) is 329 Å². The van der Waals surface area contributed by atoms with Crippen molar-refractivity contribution in [3.05, 3.63) is 142 Å². The van der Waals surface area contributed by atoms with Crippen molar-refractivity contribution in [2.75, 3.05) is 79.1 Å². The lowest BCUT2D eigenvalue weighted by molar-refractivity contribution is -0.0442. The van der Waals surface area contributed by atoms with E-state index in [-0.39, 0.29) is 49.5 Å². The molecule has 0 aromatic heterocycles. The van der Waals surface area contributed by atoms with E-state index < -0.39 is 81.2 Å². The lowest BCUT2D eigenvalue weighted by Crippen LogP contribution is -2.57. The summed E-state index contributed by atoms with van der Waals surface area (Å²) in [6.45, 7) is 18.4. The molecule has 5 heterocycles. The van der Waals surface area contributed by atoms with Crippen molar-refractivity contribution >= 4 is 110 Å². The van der Waals surface area contributed by atoms with E-state index >= 15 is 0 Å². The van der Waals surface area contributed by atoms with Gasteiger partial charge in [-0.1, -0.05) is 50.6 Å². The Morgan fingerprint density at radius 1 is 0.271 bits per heavy atom. The Morgan fingerprint density at radius 2 is 0.496 bits per heavy atom. The number of amides is 10. The highest BCUT2D eigenvalue weighted by Gasteiger charge is 2.42. The minimum absolute atomic E-state index is 0.116. The van der Waals surface area contributed by atoms with Gasteiger partial charge in [-0.3, -0.25) is 0 Å². The monoisotopic (exact) mass is 1930 g/mol. The molecule has 20 rings (SSSR count). The van der Waals surface area contributed by atoms with E-state index in [1.54, 1.807) is 13.8 Å². The zero-order valence-electron chi connectivity index (χ0n) is 78.5. The molecule has 37 heteroatoms. The molecule has 32 nitrogen and oxygen atoms in total. The number of aryl methyl sites for hydroxylation is 10. The molecule has 6 unspecified atom stereocenters. The van der Waals surface area contributed by atoms with Crippen molar-refractivity contribution in [1.29, 1.82) is 0 Å². The van der Waals surface area contributed by atoms with Gasteiger partial charge in [0.1, 0.15) is 0 Å². The molecule has 0 bridgehead atoms. The number of nitrogens with one attached hydrogen (secondary N) is 10. The number of hydrogen-bond donors (Lipinski definition) is 10. The number of morpholine rings is 2. The number of rotatable bonds is 15. The number of piperidine rings is 3. The van der Waals surface area contributed by atoms with Crippen molar-refractivity contribution in [3.8, 4) is 0 Å². The third-order valence-corrected chi connectivity index (χ3v) is 37.5. The summed E-state index contributed by atoms with van der Waals surface area (Å²) < 4.78 is 155. The van der Waals surface area contributed by atoms with Crippen molar-refractivity contribution in [3.63, 3.8) is 0 Å². The van der Waals surface area contributed by atoms with Gasteiger partial charge in [-0.2, -0.15) is 63.6 Å². The van der Waals surface area contributed by atoms with E-state index in [1.807, 2.05) is 27.7 Å². The van der Waals surface area contributed by atoms with Crippen LogP contribution in [0.5, 0.6) is 0 Å². The quantitative estimate of drug-likeness (QED) is 0.0465. The fourth-order valence-electron chi connectivity index (χ4n) is 23.9. The number of carbonyl (C=O) groups excluding carboxylic acids is 5. The number of ether oxygens (including phenoxy) is 2. The zero-order chi connectivity index (χ0) is 94.2. The smallest absolute Gasteiger partial charge is 0.333 e. The van der Waals surface area contributed by atoms with Gasteiger partial charge in [0.05, 0.1) is 25.4 Å². The van der Waals surface area contributed by atoms with E-state index in [4.69, 9.17) is 9.47 Å². The number of nitrogens with zero attached hydrogens (tertiary/aromatic N) is 5. The first-order valence-corrected chi connectivity index (χ1v) is 56.2. The number of urea groups is 5. The van der Waals surface area contributed by atoms with Gasteiger partial charge in [-0.25, -0.2) is 47.6 Å². The number of hydrogen-bond acceptors (Lipinski definition) is 17. The van der Waals surface area contributed by atoms with Crippen LogP contribution in [0, 0.1) is 11.8 Å². The van der Waals surface area contributed by atoms with E-state index in [1.165, 1.54) is 133 Å². The lowest BCUT2D eigenvalue weighted by Gasteiger charge is -2.40. The van der Waals surface area contributed by atoms with Crippen LogP contribution in [0.1, 0.15) is 276 Å². The third kappa shape index (κ3) is 22.4. The lowest BCUT2D eigenvalue weighted by atomic mass is 9.91. The number of carbonyl (C=O) groups is 5. The van der Waals surface area contributed by atoms with E-state index in [9.17, 15) is 66.1 Å². The second-order valence-electron chi connectivity index (χ2n) is 39.8. The molecule has 133 heavy (non-hydrogen) atoms. The maximum atomic E-state index is 12.9. The first-order chi connectivity index (χ1) is 63.4. The van der Waals surface area contributed by atoms with Crippen LogP contribution in [0.2, 0.25) is 0 Å². The molecule has 0 spiro atoms. The minimum Gasteiger partial charge on any atom is -0.378 e. The summed E-state index contributed by atoms with van der Waals surface area (Å²) >= 11 is 0. The van der Waals surface area contributed by atoms with Crippen LogP contribution in [0.25, 0.3) is 0 Å². The summed E-state index contributed by atoms with van der Waals surface area (Å²) in [7, 11) is -19.3. The Bertz CT molecular complexity index is 5710. The summed E-state index contributed by atoms with van der Waals surface area (Å²) in [5.41, 5.74) is 29.2. The Labute approximate surface area is 786 Å². The second-order valence-corrected chi connectivity index (χ2v) is 47.9. The normalized spacial score (nSPS) is 23.8. The summed E-state index contributed by atoms with van der Waals surface area (Å²) in [5.74, 6) is 1.02. The molecule has 10 aliphatic carbocycles. The molecule has 0 saturated carbocycles. The fourth-order valence-corrected chi connectivity index (χ4v) is 30.4. The predicted molar refractivity (Wildman–Crippen MR) is 516 cm³/mol. The van der Waals surface area contributed by atoms with Gasteiger partial charge in [0, 0.05) is 91.9 Å². The molecule has 728 valence electrons. The second kappa shape index (κ2) is 41.3. The summed E-state index contributed by atoms with van der Waals surface area (Å²) in [4.78, 5) is 62.9. The summed E-state index contributed by atoms with van der Waals surface area (Å²) in [6.07, 6.45) is 36.3. The fraction of sp³-hybridized carbons (Fsp3) is 0.635. The molecule has 5 saturated heterocycles. The maximum absolute atomic E-state index is 12.9. The van der Waals surface area contributed by atoms with Gasteiger partial charge in [0.15, 0.2) is 0 Å². The highest BCUT2D eigenvalue weighted by molar-refractivity contribution is 7.88. The van der Waals surface area contributed by atoms with Gasteiger partial charge in [-0.05, 0) is 396 Å². The van der Waals surface area contributed by atoms with Crippen LogP contribution in [0.4, 0.5) is 52.4 Å².